The van der Waals surface area contributed by atoms with E-state index < -0.39 is 17.8 Å². The quantitative estimate of drug-likeness (QED) is 0.624. The first-order valence-electron chi connectivity index (χ1n) is 9.00. The molecule has 9 heteroatoms. The maximum absolute atomic E-state index is 12.7. The summed E-state index contributed by atoms with van der Waals surface area (Å²) in [7, 11) is 2.44. The van der Waals surface area contributed by atoms with Crippen molar-refractivity contribution in [3.05, 3.63) is 76.6 Å². The van der Waals surface area contributed by atoms with Crippen molar-refractivity contribution in [3.63, 3.8) is 0 Å². The van der Waals surface area contributed by atoms with E-state index in [1.54, 1.807) is 11.6 Å². The minimum atomic E-state index is -0.652. The first-order valence-corrected chi connectivity index (χ1v) is 9.00. The van der Waals surface area contributed by atoms with Gasteiger partial charge in [0, 0.05) is 5.69 Å². The molecule has 154 valence electrons. The van der Waals surface area contributed by atoms with Crippen molar-refractivity contribution in [3.8, 4) is 0 Å². The molecule has 0 bridgehead atoms. The molecular formula is C21H20N4O5. The normalized spacial score (nSPS) is 10.4. The topological polar surface area (TPSA) is 112 Å². The summed E-state index contributed by atoms with van der Waals surface area (Å²) in [6.07, 6.45) is 0. The number of carbonyl (C=O) groups excluding carboxylic acids is 3. The van der Waals surface area contributed by atoms with Gasteiger partial charge in [-0.15, -0.1) is 5.10 Å². The van der Waals surface area contributed by atoms with E-state index in [1.807, 2.05) is 30.3 Å². The van der Waals surface area contributed by atoms with Crippen molar-refractivity contribution >= 4 is 23.5 Å². The highest BCUT2D eigenvalue weighted by atomic mass is 16.5. The van der Waals surface area contributed by atoms with Crippen LogP contribution in [0, 0.1) is 6.92 Å². The first kappa shape index (κ1) is 20.7. The van der Waals surface area contributed by atoms with Gasteiger partial charge in [0.2, 0.25) is 0 Å². The average Bonchev–Trinajstić information content (AvgIpc) is 3.13. The molecule has 0 atom stereocenters. The van der Waals surface area contributed by atoms with E-state index in [0.29, 0.717) is 12.2 Å². The molecular weight excluding hydrogens is 388 g/mol. The Morgan fingerprint density at radius 1 is 0.967 bits per heavy atom. The van der Waals surface area contributed by atoms with Gasteiger partial charge in [-0.1, -0.05) is 35.5 Å². The van der Waals surface area contributed by atoms with Crippen LogP contribution in [-0.4, -0.2) is 47.1 Å². The number of aromatic nitrogens is 3. The Morgan fingerprint density at radius 2 is 1.57 bits per heavy atom. The van der Waals surface area contributed by atoms with Crippen molar-refractivity contribution in [1.29, 1.82) is 0 Å². The van der Waals surface area contributed by atoms with Gasteiger partial charge in [-0.25, -0.2) is 14.3 Å². The van der Waals surface area contributed by atoms with E-state index >= 15 is 0 Å². The van der Waals surface area contributed by atoms with Gasteiger partial charge in [-0.05, 0) is 30.7 Å². The van der Waals surface area contributed by atoms with Crippen molar-refractivity contribution < 1.29 is 23.9 Å². The van der Waals surface area contributed by atoms with Crippen LogP contribution < -0.4 is 5.32 Å². The van der Waals surface area contributed by atoms with Gasteiger partial charge in [0.15, 0.2) is 5.69 Å². The fourth-order valence-electron chi connectivity index (χ4n) is 2.84. The fraction of sp³-hybridized carbons (Fsp3) is 0.190. The lowest BCUT2D eigenvalue weighted by Gasteiger charge is -2.09. The monoisotopic (exact) mass is 408 g/mol. The van der Waals surface area contributed by atoms with Crippen LogP contribution in [0.4, 0.5) is 5.69 Å². The SMILES string of the molecule is COC(=O)c1cc(NC(=O)c2nnn(Cc3ccccc3)c2C)cc(C(=O)OC)c1. The number of nitrogens with zero attached hydrogens (tertiary/aromatic N) is 3. The van der Waals surface area contributed by atoms with E-state index in [-0.39, 0.29) is 22.5 Å². The second-order valence-corrected chi connectivity index (χ2v) is 6.40. The summed E-state index contributed by atoms with van der Waals surface area (Å²) in [5.41, 5.74) is 2.15. The summed E-state index contributed by atoms with van der Waals surface area (Å²) in [6, 6.07) is 13.8. The van der Waals surface area contributed by atoms with Gasteiger partial charge in [-0.3, -0.25) is 4.79 Å². The van der Waals surface area contributed by atoms with Gasteiger partial charge in [-0.2, -0.15) is 0 Å². The maximum atomic E-state index is 12.7. The van der Waals surface area contributed by atoms with Crippen LogP contribution in [0.1, 0.15) is 42.5 Å². The van der Waals surface area contributed by atoms with Crippen molar-refractivity contribution in [2.24, 2.45) is 0 Å². The van der Waals surface area contributed by atoms with Crippen LogP contribution in [0.5, 0.6) is 0 Å². The molecule has 0 spiro atoms. The summed E-state index contributed by atoms with van der Waals surface area (Å²) < 4.78 is 11.0. The number of anilines is 1. The highest BCUT2D eigenvalue weighted by Gasteiger charge is 2.19. The van der Waals surface area contributed by atoms with Crippen molar-refractivity contribution in [2.45, 2.75) is 13.5 Å². The van der Waals surface area contributed by atoms with Crippen LogP contribution in [0.25, 0.3) is 0 Å². The molecule has 0 unspecified atom stereocenters. The molecule has 0 aliphatic heterocycles. The third kappa shape index (κ3) is 4.52. The minimum Gasteiger partial charge on any atom is -0.465 e. The molecule has 1 aromatic heterocycles. The minimum absolute atomic E-state index is 0.0974. The van der Waals surface area contributed by atoms with Crippen LogP contribution in [-0.2, 0) is 16.0 Å². The van der Waals surface area contributed by atoms with Gasteiger partial charge in [0.05, 0.1) is 37.6 Å². The lowest BCUT2D eigenvalue weighted by atomic mass is 10.1. The Bertz CT molecular complexity index is 1060. The van der Waals surface area contributed by atoms with E-state index in [4.69, 9.17) is 9.47 Å². The van der Waals surface area contributed by atoms with Gasteiger partial charge in [0.25, 0.3) is 5.91 Å². The number of amides is 1. The summed E-state index contributed by atoms with van der Waals surface area (Å²) in [4.78, 5) is 36.5. The van der Waals surface area contributed by atoms with Crippen LogP contribution in [0.2, 0.25) is 0 Å². The Balaban J connectivity index is 1.85. The Labute approximate surface area is 172 Å². The lowest BCUT2D eigenvalue weighted by molar-refractivity contribution is 0.0599. The lowest BCUT2D eigenvalue weighted by Crippen LogP contribution is -2.16. The molecule has 9 nitrogen and oxygen atoms in total. The highest BCUT2D eigenvalue weighted by Crippen LogP contribution is 2.18. The predicted octanol–water partition coefficient (Wildman–Crippen LogP) is 2.46. The summed E-state index contributed by atoms with van der Waals surface area (Å²) in [5, 5.41) is 10.7. The number of esters is 2. The summed E-state index contributed by atoms with van der Waals surface area (Å²) >= 11 is 0. The van der Waals surface area contributed by atoms with Gasteiger partial charge < -0.3 is 14.8 Å². The number of hydrogen-bond acceptors (Lipinski definition) is 7. The molecule has 0 aliphatic carbocycles. The van der Waals surface area contributed by atoms with Crippen molar-refractivity contribution in [1.82, 2.24) is 15.0 Å². The molecule has 1 N–H and O–H groups in total. The maximum Gasteiger partial charge on any atom is 0.337 e. The molecule has 3 aromatic rings. The smallest absolute Gasteiger partial charge is 0.337 e. The Morgan fingerprint density at radius 3 is 2.13 bits per heavy atom. The van der Waals surface area contributed by atoms with E-state index in [1.165, 1.54) is 32.4 Å². The van der Waals surface area contributed by atoms with Gasteiger partial charge >= 0.3 is 11.9 Å². The Kier molecular flexibility index (Phi) is 6.21. The van der Waals surface area contributed by atoms with Crippen molar-refractivity contribution in [2.75, 3.05) is 19.5 Å². The molecule has 1 amide bonds. The number of rotatable bonds is 6. The molecule has 0 aliphatic rings. The highest BCUT2D eigenvalue weighted by molar-refractivity contribution is 6.05. The van der Waals surface area contributed by atoms with Crippen LogP contribution in [0.15, 0.2) is 48.5 Å². The number of carbonyl (C=O) groups is 3. The van der Waals surface area contributed by atoms with Crippen LogP contribution in [0.3, 0.4) is 0 Å². The molecule has 0 saturated heterocycles. The molecule has 30 heavy (non-hydrogen) atoms. The standard InChI is InChI=1S/C21H20N4O5/c1-13-18(23-24-25(13)12-14-7-5-4-6-8-14)19(26)22-17-10-15(20(27)29-2)9-16(11-17)21(28)30-3/h4-11H,12H2,1-3H3,(H,22,26). The van der Waals surface area contributed by atoms with Gasteiger partial charge in [0.1, 0.15) is 0 Å². The molecule has 2 aromatic carbocycles. The molecule has 3 rings (SSSR count). The van der Waals surface area contributed by atoms with E-state index in [2.05, 4.69) is 15.6 Å². The number of nitrogens with one attached hydrogen (secondary N) is 1. The predicted molar refractivity (Wildman–Crippen MR) is 107 cm³/mol. The molecule has 0 saturated carbocycles. The Hall–Kier alpha value is -4.01. The van der Waals surface area contributed by atoms with E-state index in [0.717, 1.165) is 5.56 Å². The zero-order chi connectivity index (χ0) is 21.7. The number of benzene rings is 2. The second-order valence-electron chi connectivity index (χ2n) is 6.40. The largest absolute Gasteiger partial charge is 0.465 e. The molecule has 1 heterocycles. The number of methoxy groups -OCH3 is 2. The first-order chi connectivity index (χ1) is 14.4. The molecule has 0 radical (unpaired) electrons. The van der Waals surface area contributed by atoms with Crippen LogP contribution >= 0.6 is 0 Å². The summed E-state index contributed by atoms with van der Waals surface area (Å²) in [5.74, 6) is -1.83. The fourth-order valence-corrected chi connectivity index (χ4v) is 2.84. The average molecular weight is 408 g/mol. The van der Waals surface area contributed by atoms with E-state index in [9.17, 15) is 14.4 Å². The summed E-state index contributed by atoms with van der Waals surface area (Å²) in [6.45, 7) is 2.21. The number of ether oxygens (including phenoxy) is 2. The number of hydrogen-bond donors (Lipinski definition) is 1. The zero-order valence-corrected chi connectivity index (χ0v) is 16.7. The zero-order valence-electron chi connectivity index (χ0n) is 16.7. The third-order valence-electron chi connectivity index (χ3n) is 4.41. The molecule has 0 fully saturated rings. The second kappa shape index (κ2) is 8.99. The third-order valence-corrected chi connectivity index (χ3v) is 4.41.